The van der Waals surface area contributed by atoms with Gasteiger partial charge < -0.3 is 19.5 Å². The summed E-state index contributed by atoms with van der Waals surface area (Å²) in [5, 5.41) is 0. The van der Waals surface area contributed by atoms with Gasteiger partial charge in [0, 0.05) is 42.5 Å². The first-order valence-electron chi connectivity index (χ1n) is 11.3. The third-order valence-electron chi connectivity index (χ3n) is 6.47. The van der Waals surface area contributed by atoms with Crippen LogP contribution in [0.1, 0.15) is 18.4 Å². The fraction of sp³-hybridized carbons (Fsp3) is 0.360. The Kier molecular flexibility index (Phi) is 5.98. The molecule has 172 valence electrons. The number of halogens is 2. The van der Waals surface area contributed by atoms with Crippen molar-refractivity contribution in [3.05, 3.63) is 60.4 Å². The number of carbonyl (C=O) groups excluding carboxylic acids is 1. The molecule has 1 N–H and O–H groups in total. The van der Waals surface area contributed by atoms with Crippen molar-refractivity contribution < 1.29 is 18.3 Å². The predicted octanol–water partition coefficient (Wildman–Crippen LogP) is 5.04. The first-order chi connectivity index (χ1) is 16.1. The Morgan fingerprint density at radius 1 is 1.00 bits per heavy atom. The highest BCUT2D eigenvalue weighted by Crippen LogP contribution is 2.31. The van der Waals surface area contributed by atoms with Gasteiger partial charge in [-0.15, -0.1) is 0 Å². The molecule has 2 aromatic carbocycles. The van der Waals surface area contributed by atoms with Gasteiger partial charge in [-0.25, -0.2) is 18.6 Å². The molecule has 0 bridgehead atoms. The molecule has 0 atom stereocenters. The monoisotopic (exact) mass is 452 g/mol. The Hall–Kier alpha value is -3.42. The number of benzene rings is 2. The Balaban J connectivity index is 1.31. The highest BCUT2D eigenvalue weighted by Gasteiger charge is 2.31. The van der Waals surface area contributed by atoms with Crippen LogP contribution in [0.3, 0.4) is 0 Å². The largest absolute Gasteiger partial charge is 0.491 e. The van der Waals surface area contributed by atoms with Crippen molar-refractivity contribution in [2.45, 2.75) is 25.8 Å². The quantitative estimate of drug-likeness (QED) is 0.606. The third-order valence-corrected chi connectivity index (χ3v) is 6.47. The normalized spacial score (nSPS) is 16.9. The van der Waals surface area contributed by atoms with E-state index in [0.717, 1.165) is 33.8 Å². The molecule has 2 aliphatic heterocycles. The first-order valence-corrected chi connectivity index (χ1v) is 11.3. The number of aromatic amines is 1. The Labute approximate surface area is 191 Å². The number of nitrogens with one attached hydrogen (secondary N) is 1. The summed E-state index contributed by atoms with van der Waals surface area (Å²) in [5.74, 6) is 0.991. The summed E-state index contributed by atoms with van der Waals surface area (Å²) in [6.45, 7) is 2.06. The van der Waals surface area contributed by atoms with Crippen LogP contribution in [-0.2, 0) is 6.54 Å². The molecule has 2 aliphatic rings. The lowest BCUT2D eigenvalue weighted by Gasteiger charge is -2.35. The minimum Gasteiger partial charge on any atom is -0.491 e. The average Bonchev–Trinajstić information content (AvgIpc) is 3.30. The molecule has 0 spiro atoms. The summed E-state index contributed by atoms with van der Waals surface area (Å²) in [6.07, 6.45) is 1.91. The van der Waals surface area contributed by atoms with E-state index in [0.29, 0.717) is 45.6 Å². The van der Waals surface area contributed by atoms with Gasteiger partial charge in [0.05, 0.1) is 13.1 Å². The number of fused-ring (bicyclic) bond motifs is 1. The summed E-state index contributed by atoms with van der Waals surface area (Å²) in [4.78, 5) is 23.9. The number of piperidine rings is 1. The summed E-state index contributed by atoms with van der Waals surface area (Å²) in [7, 11) is 0. The van der Waals surface area contributed by atoms with Crippen molar-refractivity contribution in [2.75, 3.05) is 26.2 Å². The second-order valence-corrected chi connectivity index (χ2v) is 8.55. The van der Waals surface area contributed by atoms with Gasteiger partial charge in [-0.3, -0.25) is 0 Å². The van der Waals surface area contributed by atoms with E-state index in [-0.39, 0.29) is 6.03 Å². The number of H-pyrrole nitrogens is 1. The summed E-state index contributed by atoms with van der Waals surface area (Å²) in [6, 6.07) is 14.1. The van der Waals surface area contributed by atoms with E-state index >= 15 is 0 Å². The number of hydrogen-bond donors (Lipinski definition) is 1. The van der Waals surface area contributed by atoms with Crippen LogP contribution in [0.25, 0.3) is 22.5 Å². The van der Waals surface area contributed by atoms with Gasteiger partial charge in [-0.1, -0.05) is 30.3 Å². The molecule has 2 amide bonds. The van der Waals surface area contributed by atoms with E-state index in [1.165, 1.54) is 0 Å². The standard InChI is InChI=1S/C25H26F2N4O2/c26-23(27)18-7-11-30(12-8-18)25(32)31-13-14-33-22-6-5-20(15-21(22)16-31)17-1-3-19(4-2-17)24-28-9-10-29-24/h1-6,9-10,15,18,23H,7-8,11-14,16H2,(H,28,29). The molecule has 3 aromatic rings. The molecule has 3 heterocycles. The third kappa shape index (κ3) is 4.55. The van der Waals surface area contributed by atoms with Crippen molar-refractivity contribution in [3.63, 3.8) is 0 Å². The molecule has 1 fully saturated rings. The second-order valence-electron chi connectivity index (χ2n) is 8.55. The number of urea groups is 1. The van der Waals surface area contributed by atoms with Gasteiger partial charge in [0.1, 0.15) is 18.2 Å². The van der Waals surface area contributed by atoms with E-state index in [1.54, 1.807) is 22.2 Å². The van der Waals surface area contributed by atoms with Crippen molar-refractivity contribution >= 4 is 6.03 Å². The minimum atomic E-state index is -2.31. The number of carbonyl (C=O) groups is 1. The highest BCUT2D eigenvalue weighted by molar-refractivity contribution is 5.75. The maximum atomic E-state index is 13.1. The fourth-order valence-corrected chi connectivity index (χ4v) is 4.52. The number of alkyl halides is 2. The fourth-order valence-electron chi connectivity index (χ4n) is 4.52. The zero-order chi connectivity index (χ0) is 22.8. The molecule has 33 heavy (non-hydrogen) atoms. The molecular formula is C25H26F2N4O2. The first kappa shape index (κ1) is 21.4. The average molecular weight is 453 g/mol. The molecular weight excluding hydrogens is 426 g/mol. The molecule has 0 radical (unpaired) electrons. The predicted molar refractivity (Wildman–Crippen MR) is 121 cm³/mol. The molecule has 0 unspecified atom stereocenters. The van der Waals surface area contributed by atoms with E-state index in [1.807, 2.05) is 36.4 Å². The van der Waals surface area contributed by atoms with Gasteiger partial charge >= 0.3 is 6.03 Å². The molecule has 8 heteroatoms. The van der Waals surface area contributed by atoms with Crippen molar-refractivity contribution in [2.24, 2.45) is 5.92 Å². The number of hydrogen-bond acceptors (Lipinski definition) is 3. The van der Waals surface area contributed by atoms with Gasteiger partial charge in [-0.05, 0) is 36.1 Å². The number of ether oxygens (including phenoxy) is 1. The van der Waals surface area contributed by atoms with Crippen molar-refractivity contribution in [1.29, 1.82) is 0 Å². The van der Waals surface area contributed by atoms with Gasteiger partial charge in [0.15, 0.2) is 0 Å². The number of aromatic nitrogens is 2. The lowest BCUT2D eigenvalue weighted by molar-refractivity contribution is 0.0374. The van der Waals surface area contributed by atoms with Gasteiger partial charge in [0.2, 0.25) is 6.43 Å². The summed E-state index contributed by atoms with van der Waals surface area (Å²) >= 11 is 0. The Morgan fingerprint density at radius 3 is 2.42 bits per heavy atom. The van der Waals surface area contributed by atoms with E-state index in [4.69, 9.17) is 4.74 Å². The molecule has 0 aliphatic carbocycles. The molecule has 5 rings (SSSR count). The van der Waals surface area contributed by atoms with Crippen LogP contribution >= 0.6 is 0 Å². The van der Waals surface area contributed by atoms with Gasteiger partial charge in [-0.2, -0.15) is 0 Å². The minimum absolute atomic E-state index is 0.104. The molecule has 6 nitrogen and oxygen atoms in total. The zero-order valence-electron chi connectivity index (χ0n) is 18.2. The number of nitrogens with zero attached hydrogens (tertiary/aromatic N) is 3. The van der Waals surface area contributed by atoms with Crippen molar-refractivity contribution in [3.8, 4) is 28.3 Å². The maximum Gasteiger partial charge on any atom is 0.320 e. The number of amides is 2. The summed E-state index contributed by atoms with van der Waals surface area (Å²) in [5.41, 5.74) is 4.05. The van der Waals surface area contributed by atoms with Crippen LogP contribution in [0, 0.1) is 5.92 Å². The van der Waals surface area contributed by atoms with E-state index < -0.39 is 12.3 Å². The van der Waals surface area contributed by atoms with Crippen LogP contribution in [0.5, 0.6) is 5.75 Å². The lowest BCUT2D eigenvalue weighted by atomic mass is 9.97. The smallest absolute Gasteiger partial charge is 0.320 e. The van der Waals surface area contributed by atoms with Crippen LogP contribution < -0.4 is 4.74 Å². The van der Waals surface area contributed by atoms with E-state index in [9.17, 15) is 13.6 Å². The van der Waals surface area contributed by atoms with E-state index in [2.05, 4.69) is 16.0 Å². The number of rotatable bonds is 3. The van der Waals surface area contributed by atoms with Crippen LogP contribution in [0.2, 0.25) is 0 Å². The van der Waals surface area contributed by atoms with Crippen molar-refractivity contribution in [1.82, 2.24) is 19.8 Å². The van der Waals surface area contributed by atoms with Crippen LogP contribution in [-0.4, -0.2) is 58.5 Å². The van der Waals surface area contributed by atoms with Crippen LogP contribution in [0.4, 0.5) is 13.6 Å². The molecule has 1 aromatic heterocycles. The summed E-state index contributed by atoms with van der Waals surface area (Å²) < 4.78 is 31.8. The second kappa shape index (κ2) is 9.21. The Bertz CT molecular complexity index is 1090. The number of likely N-dealkylation sites (tertiary alicyclic amines) is 1. The zero-order valence-corrected chi connectivity index (χ0v) is 18.2. The lowest BCUT2D eigenvalue weighted by Crippen LogP contribution is -2.47. The Morgan fingerprint density at radius 2 is 1.73 bits per heavy atom. The maximum absolute atomic E-state index is 13.1. The number of imidazole rings is 1. The molecule has 0 saturated carbocycles. The van der Waals surface area contributed by atoms with Gasteiger partial charge in [0.25, 0.3) is 0 Å². The van der Waals surface area contributed by atoms with Crippen LogP contribution in [0.15, 0.2) is 54.9 Å². The SMILES string of the molecule is O=C(N1CCC(C(F)F)CC1)N1CCOc2ccc(-c3ccc(-c4ncc[nH]4)cc3)cc2C1. The topological polar surface area (TPSA) is 61.5 Å². The highest BCUT2D eigenvalue weighted by atomic mass is 19.3. The molecule has 1 saturated heterocycles.